The smallest absolute Gasteiger partial charge is 0.123 e. The lowest BCUT2D eigenvalue weighted by Crippen LogP contribution is -2.29. The van der Waals surface area contributed by atoms with Crippen LogP contribution in [-0.4, -0.2) is 11.2 Å². The van der Waals surface area contributed by atoms with Crippen molar-refractivity contribution in [2.75, 3.05) is 0 Å². The van der Waals surface area contributed by atoms with Crippen LogP contribution in [0.15, 0.2) is 18.2 Å². The molecule has 0 heterocycles. The van der Waals surface area contributed by atoms with E-state index in [1.165, 1.54) is 18.2 Å². The molecule has 0 aliphatic heterocycles. The van der Waals surface area contributed by atoms with Crippen LogP contribution >= 0.6 is 11.6 Å². The van der Waals surface area contributed by atoms with Crippen LogP contribution in [0.3, 0.4) is 0 Å². The van der Waals surface area contributed by atoms with E-state index >= 15 is 0 Å². The maximum Gasteiger partial charge on any atom is 0.123 e. The van der Waals surface area contributed by atoms with Crippen LogP contribution in [0.5, 0.6) is 0 Å². The summed E-state index contributed by atoms with van der Waals surface area (Å²) in [6, 6.07) is 4.28. The summed E-state index contributed by atoms with van der Waals surface area (Å²) in [5, 5.41) is 9.94. The normalized spacial score (nSPS) is 27.0. The molecule has 1 aromatic carbocycles. The van der Waals surface area contributed by atoms with Crippen molar-refractivity contribution in [1.29, 1.82) is 0 Å². The van der Waals surface area contributed by atoms with Crippen molar-refractivity contribution in [3.63, 3.8) is 0 Å². The average Bonchev–Trinajstić information content (AvgIpc) is 2.09. The second-order valence-electron chi connectivity index (χ2n) is 3.42. The van der Waals surface area contributed by atoms with Crippen molar-refractivity contribution in [3.8, 4) is 0 Å². The lowest BCUT2D eigenvalue weighted by Gasteiger charge is -2.33. The maximum absolute atomic E-state index is 12.9. The molecule has 2 unspecified atom stereocenters. The van der Waals surface area contributed by atoms with Gasteiger partial charge in [0.15, 0.2) is 0 Å². The minimum atomic E-state index is -0.348. The Bertz CT molecular complexity index is 327. The zero-order valence-electron chi connectivity index (χ0n) is 7.00. The summed E-state index contributed by atoms with van der Waals surface area (Å²) in [5.74, 6) is -0.262. The molecule has 1 aliphatic carbocycles. The Kier molecular flexibility index (Phi) is 2.26. The number of hydrogen-bond acceptors (Lipinski definition) is 1. The third kappa shape index (κ3) is 1.56. The van der Waals surface area contributed by atoms with Crippen LogP contribution in [0.4, 0.5) is 4.39 Å². The van der Waals surface area contributed by atoms with Gasteiger partial charge in [0.1, 0.15) is 5.82 Å². The van der Waals surface area contributed by atoms with E-state index in [2.05, 4.69) is 0 Å². The summed E-state index contributed by atoms with van der Waals surface area (Å²) in [4.78, 5) is 0. The Morgan fingerprint density at radius 1 is 1.38 bits per heavy atom. The third-order valence-corrected chi connectivity index (χ3v) is 2.94. The van der Waals surface area contributed by atoms with Crippen LogP contribution in [0.1, 0.15) is 24.3 Å². The Morgan fingerprint density at radius 3 is 2.69 bits per heavy atom. The minimum Gasteiger partial charge on any atom is -0.392 e. The standard InChI is InChI=1S/C10H10ClFO/c11-9-3-1-6(12)5-8(9)7-2-4-10(7)13/h1,3,5,7,10,13H,2,4H2. The Hall–Kier alpha value is -0.600. The third-order valence-electron chi connectivity index (χ3n) is 2.60. The first kappa shape index (κ1) is 8.97. The van der Waals surface area contributed by atoms with Crippen molar-refractivity contribution in [2.45, 2.75) is 24.9 Å². The molecule has 0 bridgehead atoms. The molecule has 70 valence electrons. The van der Waals surface area contributed by atoms with E-state index in [1.807, 2.05) is 0 Å². The molecule has 3 heteroatoms. The molecule has 0 radical (unpaired) electrons. The average molecular weight is 201 g/mol. The van der Waals surface area contributed by atoms with Gasteiger partial charge in [0.05, 0.1) is 6.10 Å². The van der Waals surface area contributed by atoms with Crippen molar-refractivity contribution < 1.29 is 9.50 Å². The van der Waals surface area contributed by atoms with Gasteiger partial charge in [-0.2, -0.15) is 0 Å². The number of aliphatic hydroxyl groups excluding tert-OH is 1. The molecule has 1 nitrogen and oxygen atoms in total. The van der Waals surface area contributed by atoms with E-state index in [0.717, 1.165) is 18.4 Å². The predicted molar refractivity (Wildman–Crippen MR) is 49.4 cm³/mol. The topological polar surface area (TPSA) is 20.2 Å². The SMILES string of the molecule is OC1CCC1c1cc(F)ccc1Cl. The molecule has 1 aromatic rings. The number of aliphatic hydroxyl groups is 1. The summed E-state index contributed by atoms with van der Waals surface area (Å²) in [6.45, 7) is 0. The molecule has 1 saturated carbocycles. The monoisotopic (exact) mass is 200 g/mol. The number of rotatable bonds is 1. The van der Waals surface area contributed by atoms with E-state index in [4.69, 9.17) is 11.6 Å². The first-order valence-electron chi connectivity index (χ1n) is 4.31. The van der Waals surface area contributed by atoms with Gasteiger partial charge in [-0.15, -0.1) is 0 Å². The molecule has 13 heavy (non-hydrogen) atoms. The Morgan fingerprint density at radius 2 is 2.15 bits per heavy atom. The predicted octanol–water partition coefficient (Wildman–Crippen LogP) is 2.72. The molecule has 0 aromatic heterocycles. The Balaban J connectivity index is 2.33. The molecule has 1 aliphatic rings. The largest absolute Gasteiger partial charge is 0.392 e. The summed E-state index contributed by atoms with van der Waals surface area (Å²) < 4.78 is 12.9. The van der Waals surface area contributed by atoms with Gasteiger partial charge < -0.3 is 5.11 Å². The summed E-state index contributed by atoms with van der Waals surface area (Å²) in [5.41, 5.74) is 0.736. The first-order valence-corrected chi connectivity index (χ1v) is 4.69. The first-order chi connectivity index (χ1) is 6.18. The zero-order valence-corrected chi connectivity index (χ0v) is 7.76. The molecular formula is C10H10ClFO. The highest BCUT2D eigenvalue weighted by atomic mass is 35.5. The number of benzene rings is 1. The van der Waals surface area contributed by atoms with E-state index < -0.39 is 0 Å². The summed E-state index contributed by atoms with van der Waals surface area (Å²) >= 11 is 5.89. The molecule has 0 saturated heterocycles. The Labute approximate surface area is 81.1 Å². The van der Waals surface area contributed by atoms with Gasteiger partial charge in [-0.05, 0) is 36.6 Å². The number of hydrogen-bond donors (Lipinski definition) is 1. The number of halogens is 2. The quantitative estimate of drug-likeness (QED) is 0.739. The molecule has 1 fully saturated rings. The van der Waals surface area contributed by atoms with E-state index in [0.29, 0.717) is 5.02 Å². The molecule has 2 rings (SSSR count). The van der Waals surface area contributed by atoms with Crippen molar-refractivity contribution in [1.82, 2.24) is 0 Å². The zero-order chi connectivity index (χ0) is 9.42. The van der Waals surface area contributed by atoms with Crippen molar-refractivity contribution in [3.05, 3.63) is 34.6 Å². The fourth-order valence-corrected chi connectivity index (χ4v) is 1.90. The molecule has 0 amide bonds. The van der Waals surface area contributed by atoms with Crippen LogP contribution in [0.2, 0.25) is 5.02 Å². The molecule has 2 atom stereocenters. The molecule has 0 spiro atoms. The van der Waals surface area contributed by atoms with Gasteiger partial charge in [0, 0.05) is 10.9 Å². The van der Waals surface area contributed by atoms with Crippen LogP contribution in [0.25, 0.3) is 0 Å². The summed E-state index contributed by atoms with van der Waals surface area (Å²) in [6.07, 6.45) is 1.33. The van der Waals surface area contributed by atoms with Gasteiger partial charge in [-0.3, -0.25) is 0 Å². The van der Waals surface area contributed by atoms with Crippen molar-refractivity contribution in [2.24, 2.45) is 0 Å². The van der Waals surface area contributed by atoms with Gasteiger partial charge in [-0.1, -0.05) is 11.6 Å². The lowest BCUT2D eigenvalue weighted by molar-refractivity contribution is 0.0660. The summed E-state index contributed by atoms with van der Waals surface area (Å²) in [7, 11) is 0. The van der Waals surface area contributed by atoms with Crippen LogP contribution in [-0.2, 0) is 0 Å². The minimum absolute atomic E-state index is 0.0307. The molecule has 1 N–H and O–H groups in total. The lowest BCUT2D eigenvalue weighted by atomic mass is 9.77. The van der Waals surface area contributed by atoms with Crippen LogP contribution < -0.4 is 0 Å². The van der Waals surface area contributed by atoms with Crippen LogP contribution in [0, 0.1) is 5.82 Å². The second-order valence-corrected chi connectivity index (χ2v) is 3.82. The van der Waals surface area contributed by atoms with Gasteiger partial charge in [0.2, 0.25) is 0 Å². The highest BCUT2D eigenvalue weighted by Gasteiger charge is 2.31. The van der Waals surface area contributed by atoms with Gasteiger partial charge in [0.25, 0.3) is 0 Å². The van der Waals surface area contributed by atoms with E-state index in [9.17, 15) is 9.50 Å². The highest BCUT2D eigenvalue weighted by molar-refractivity contribution is 6.31. The van der Waals surface area contributed by atoms with Gasteiger partial charge in [-0.25, -0.2) is 4.39 Å². The van der Waals surface area contributed by atoms with E-state index in [1.54, 1.807) is 0 Å². The van der Waals surface area contributed by atoms with Crippen molar-refractivity contribution >= 4 is 11.6 Å². The highest BCUT2D eigenvalue weighted by Crippen LogP contribution is 2.40. The maximum atomic E-state index is 12.9. The van der Waals surface area contributed by atoms with E-state index in [-0.39, 0.29) is 17.8 Å². The van der Waals surface area contributed by atoms with Gasteiger partial charge >= 0.3 is 0 Å². The second kappa shape index (κ2) is 3.28. The fraction of sp³-hybridized carbons (Fsp3) is 0.400. The molecular weight excluding hydrogens is 191 g/mol. The fourth-order valence-electron chi connectivity index (χ4n) is 1.64.